The SMILES string of the molecule is CCn1nc(C(=O)NC[C@@H]2CCCO2)c(C)c1Oc1ccc([N+](=O)[O-])cc1S(=O)(=O)NC(C)C. The van der Waals surface area contributed by atoms with Crippen molar-refractivity contribution in [3.63, 3.8) is 0 Å². The van der Waals surface area contributed by atoms with Crippen LogP contribution in [0, 0.1) is 17.0 Å². The Labute approximate surface area is 197 Å². The van der Waals surface area contributed by atoms with Crippen LogP contribution < -0.4 is 14.8 Å². The summed E-state index contributed by atoms with van der Waals surface area (Å²) in [6.07, 6.45) is 1.79. The number of nitro benzene ring substituents is 1. The number of amides is 1. The Kier molecular flexibility index (Phi) is 7.89. The molecule has 0 unspecified atom stereocenters. The fraction of sp³-hybridized carbons (Fsp3) is 0.524. The Morgan fingerprint density at radius 1 is 1.41 bits per heavy atom. The van der Waals surface area contributed by atoms with Crippen molar-refractivity contribution in [1.82, 2.24) is 19.8 Å². The van der Waals surface area contributed by atoms with Crippen LogP contribution in [0.5, 0.6) is 11.6 Å². The van der Waals surface area contributed by atoms with Crippen molar-refractivity contribution >= 4 is 21.6 Å². The molecule has 2 heterocycles. The van der Waals surface area contributed by atoms with Gasteiger partial charge in [0, 0.05) is 43.4 Å². The quantitative estimate of drug-likeness (QED) is 0.376. The lowest BCUT2D eigenvalue weighted by molar-refractivity contribution is -0.385. The Balaban J connectivity index is 1.95. The van der Waals surface area contributed by atoms with Gasteiger partial charge >= 0.3 is 0 Å². The Bertz CT molecular complexity index is 1170. The molecule has 34 heavy (non-hydrogen) atoms. The minimum Gasteiger partial charge on any atom is -0.438 e. The molecule has 0 saturated carbocycles. The van der Waals surface area contributed by atoms with E-state index in [0.29, 0.717) is 25.3 Å². The van der Waals surface area contributed by atoms with E-state index >= 15 is 0 Å². The van der Waals surface area contributed by atoms with E-state index < -0.39 is 32.6 Å². The molecule has 2 aromatic rings. The second-order valence-corrected chi connectivity index (χ2v) is 9.89. The summed E-state index contributed by atoms with van der Waals surface area (Å²) < 4.78 is 41.1. The summed E-state index contributed by atoms with van der Waals surface area (Å²) in [6, 6.07) is 2.87. The average Bonchev–Trinajstić information content (AvgIpc) is 3.39. The summed E-state index contributed by atoms with van der Waals surface area (Å²) in [5.74, 6) is -0.356. The van der Waals surface area contributed by atoms with Crippen molar-refractivity contribution in [3.8, 4) is 11.6 Å². The zero-order chi connectivity index (χ0) is 25.0. The van der Waals surface area contributed by atoms with Crippen molar-refractivity contribution in [1.29, 1.82) is 0 Å². The van der Waals surface area contributed by atoms with E-state index in [4.69, 9.17) is 9.47 Å². The van der Waals surface area contributed by atoms with Gasteiger partial charge in [0.25, 0.3) is 11.6 Å². The first-order valence-electron chi connectivity index (χ1n) is 11.0. The summed E-state index contributed by atoms with van der Waals surface area (Å²) in [5.41, 5.74) is 0.151. The maximum Gasteiger partial charge on any atom is 0.272 e. The molecular weight excluding hydrogens is 466 g/mol. The van der Waals surface area contributed by atoms with Crippen LogP contribution in [-0.2, 0) is 21.3 Å². The summed E-state index contributed by atoms with van der Waals surface area (Å²) in [5, 5.41) is 18.4. The molecular formula is C21H29N5O7S. The number of sulfonamides is 1. The van der Waals surface area contributed by atoms with Crippen molar-refractivity contribution < 1.29 is 27.6 Å². The molecule has 1 saturated heterocycles. The number of nitro groups is 1. The molecule has 0 spiro atoms. The number of rotatable bonds is 10. The maximum atomic E-state index is 12.9. The monoisotopic (exact) mass is 495 g/mol. The van der Waals surface area contributed by atoms with Gasteiger partial charge in [0.15, 0.2) is 5.69 Å². The Morgan fingerprint density at radius 3 is 2.74 bits per heavy atom. The first kappa shape index (κ1) is 25.6. The van der Waals surface area contributed by atoms with Crippen LogP contribution in [0.4, 0.5) is 5.69 Å². The van der Waals surface area contributed by atoms with Gasteiger partial charge in [-0.05, 0) is 46.6 Å². The number of hydrogen-bond donors (Lipinski definition) is 2. The molecule has 1 aliphatic rings. The van der Waals surface area contributed by atoms with E-state index in [1.165, 1.54) is 10.7 Å². The Hall–Kier alpha value is -3.03. The molecule has 186 valence electrons. The minimum absolute atomic E-state index is 0.0328. The van der Waals surface area contributed by atoms with Crippen LogP contribution in [0.25, 0.3) is 0 Å². The normalized spacial score (nSPS) is 16.1. The van der Waals surface area contributed by atoms with Crippen molar-refractivity contribution in [2.75, 3.05) is 13.2 Å². The lowest BCUT2D eigenvalue weighted by Crippen LogP contribution is -2.32. The van der Waals surface area contributed by atoms with Gasteiger partial charge in [-0.1, -0.05) is 0 Å². The number of non-ortho nitro benzene ring substituents is 1. The van der Waals surface area contributed by atoms with Gasteiger partial charge in [-0.15, -0.1) is 0 Å². The number of carbonyl (C=O) groups is 1. The molecule has 2 N–H and O–H groups in total. The smallest absolute Gasteiger partial charge is 0.272 e. The van der Waals surface area contributed by atoms with Gasteiger partial charge in [-0.2, -0.15) is 5.10 Å². The Morgan fingerprint density at radius 2 is 2.15 bits per heavy atom. The largest absolute Gasteiger partial charge is 0.438 e. The molecule has 1 aromatic carbocycles. The van der Waals surface area contributed by atoms with Crippen LogP contribution in [0.15, 0.2) is 23.1 Å². The molecule has 12 nitrogen and oxygen atoms in total. The number of carbonyl (C=O) groups excluding carboxylic acids is 1. The number of hydrogen-bond acceptors (Lipinski definition) is 8. The van der Waals surface area contributed by atoms with E-state index in [1.807, 2.05) is 0 Å². The molecule has 3 rings (SSSR count). The summed E-state index contributed by atoms with van der Waals surface area (Å²) in [7, 11) is -4.13. The molecule has 1 fully saturated rings. The number of aromatic nitrogens is 2. The number of aryl methyl sites for hydroxylation is 1. The van der Waals surface area contributed by atoms with Crippen LogP contribution in [0.1, 0.15) is 49.7 Å². The predicted molar refractivity (Wildman–Crippen MR) is 123 cm³/mol. The number of nitrogens with one attached hydrogen (secondary N) is 2. The van der Waals surface area contributed by atoms with Crippen LogP contribution in [0.2, 0.25) is 0 Å². The molecule has 13 heteroatoms. The first-order chi connectivity index (χ1) is 16.0. The lowest BCUT2D eigenvalue weighted by atomic mass is 10.2. The van der Waals surface area contributed by atoms with E-state index in [2.05, 4.69) is 15.1 Å². The summed E-state index contributed by atoms with van der Waals surface area (Å²) >= 11 is 0. The van der Waals surface area contributed by atoms with Gasteiger partial charge in [-0.25, -0.2) is 17.8 Å². The van der Waals surface area contributed by atoms with Gasteiger partial charge in [-0.3, -0.25) is 14.9 Å². The van der Waals surface area contributed by atoms with Crippen LogP contribution in [-0.4, -0.2) is 54.3 Å². The molecule has 1 aromatic heterocycles. The average molecular weight is 496 g/mol. The summed E-state index contributed by atoms with van der Waals surface area (Å²) in [6.45, 7) is 8.07. The van der Waals surface area contributed by atoms with Gasteiger partial charge in [0.2, 0.25) is 15.9 Å². The molecule has 0 bridgehead atoms. The third-order valence-corrected chi connectivity index (χ3v) is 6.86. The van der Waals surface area contributed by atoms with Gasteiger partial charge < -0.3 is 14.8 Å². The van der Waals surface area contributed by atoms with Crippen molar-refractivity contribution in [2.24, 2.45) is 0 Å². The molecule has 1 atom stereocenters. The van der Waals surface area contributed by atoms with E-state index in [9.17, 15) is 23.3 Å². The topological polar surface area (TPSA) is 155 Å². The highest BCUT2D eigenvalue weighted by atomic mass is 32.2. The van der Waals surface area contributed by atoms with E-state index in [-0.39, 0.29) is 28.3 Å². The number of nitrogens with zero attached hydrogens (tertiary/aromatic N) is 3. The second-order valence-electron chi connectivity index (χ2n) is 8.21. The predicted octanol–water partition coefficient (Wildman–Crippen LogP) is 2.51. The summed E-state index contributed by atoms with van der Waals surface area (Å²) in [4.78, 5) is 22.9. The van der Waals surface area contributed by atoms with Crippen molar-refractivity contribution in [3.05, 3.63) is 39.6 Å². The zero-order valence-corrected chi connectivity index (χ0v) is 20.3. The first-order valence-corrected chi connectivity index (χ1v) is 12.5. The third-order valence-electron chi connectivity index (χ3n) is 5.19. The molecule has 1 amide bonds. The van der Waals surface area contributed by atoms with Crippen LogP contribution >= 0.6 is 0 Å². The highest BCUT2D eigenvalue weighted by molar-refractivity contribution is 7.89. The molecule has 0 radical (unpaired) electrons. The van der Waals surface area contributed by atoms with Crippen molar-refractivity contribution in [2.45, 2.75) is 64.1 Å². The number of benzene rings is 1. The highest BCUT2D eigenvalue weighted by Gasteiger charge is 2.28. The molecule has 0 aliphatic carbocycles. The van der Waals surface area contributed by atoms with E-state index in [1.54, 1.807) is 27.7 Å². The fourth-order valence-electron chi connectivity index (χ4n) is 3.57. The van der Waals surface area contributed by atoms with Gasteiger partial charge in [0.1, 0.15) is 10.6 Å². The fourth-order valence-corrected chi connectivity index (χ4v) is 4.97. The highest BCUT2D eigenvalue weighted by Crippen LogP contribution is 2.34. The molecule has 1 aliphatic heterocycles. The standard InChI is InChI=1S/C21H29N5O7S/c1-5-25-21(14(4)19(23-25)20(27)22-12-16-7-6-10-32-16)33-17-9-8-15(26(28)29)11-18(17)34(30,31)24-13(2)3/h8-9,11,13,16,24H,5-7,10,12H2,1-4H3,(H,22,27)/t16-/m0/s1. The van der Waals surface area contributed by atoms with E-state index in [0.717, 1.165) is 25.0 Å². The second kappa shape index (κ2) is 10.5. The number of ether oxygens (including phenoxy) is 2. The van der Waals surface area contributed by atoms with Crippen LogP contribution in [0.3, 0.4) is 0 Å². The zero-order valence-electron chi connectivity index (χ0n) is 19.5. The lowest BCUT2D eigenvalue weighted by Gasteiger charge is -2.15. The van der Waals surface area contributed by atoms with Gasteiger partial charge in [0.05, 0.1) is 11.0 Å². The maximum absolute atomic E-state index is 12.9. The third kappa shape index (κ3) is 5.72. The minimum atomic E-state index is -4.13.